The van der Waals surface area contributed by atoms with Gasteiger partial charge in [0.15, 0.2) is 0 Å². The van der Waals surface area contributed by atoms with Crippen molar-refractivity contribution >= 4 is 35.2 Å². The van der Waals surface area contributed by atoms with Crippen molar-refractivity contribution in [2.24, 2.45) is 4.99 Å². The molecule has 0 radical (unpaired) electrons. The molecule has 30 heavy (non-hydrogen) atoms. The molecular weight excluding hydrogens is 406 g/mol. The lowest BCUT2D eigenvalue weighted by Gasteiger charge is -2.11. The second kappa shape index (κ2) is 8.12. The molecule has 7 nitrogen and oxygen atoms in total. The van der Waals surface area contributed by atoms with Crippen LogP contribution >= 0.6 is 11.6 Å². The number of hydrogen-bond acceptors (Lipinski definition) is 4. The van der Waals surface area contributed by atoms with Gasteiger partial charge in [-0.05, 0) is 63.6 Å². The summed E-state index contributed by atoms with van der Waals surface area (Å²) < 4.78 is 1.95. The molecule has 8 heteroatoms. The van der Waals surface area contributed by atoms with E-state index in [4.69, 9.17) is 16.7 Å². The Morgan fingerprint density at radius 1 is 1.17 bits per heavy atom. The van der Waals surface area contributed by atoms with Crippen molar-refractivity contribution in [2.45, 2.75) is 27.7 Å². The Hall–Kier alpha value is -3.45. The van der Waals surface area contributed by atoms with Gasteiger partial charge < -0.3 is 9.67 Å². The summed E-state index contributed by atoms with van der Waals surface area (Å²) in [6, 6.07) is 9.99. The SMILES string of the molecule is Cc1cc(N=Cc2cc(C)n(-c3ccc(C(=O)O)c(Cl)c3)c2C)cc([N+](=O)[O-])c1C. The molecular formula is C22H20ClN3O4. The first-order valence-corrected chi connectivity index (χ1v) is 9.49. The smallest absolute Gasteiger partial charge is 0.337 e. The third-order valence-electron chi connectivity index (χ3n) is 5.09. The standard InChI is InChI=1S/C22H20ClN3O4/c1-12-7-17(9-21(14(12)3)26(29)30)24-11-16-8-13(2)25(15(16)4)18-5-6-19(22(27)28)20(23)10-18/h5-11H,1-4H3,(H,27,28). The van der Waals surface area contributed by atoms with Crippen molar-refractivity contribution in [3.8, 4) is 5.69 Å². The largest absolute Gasteiger partial charge is 0.478 e. The van der Waals surface area contributed by atoms with Crippen LogP contribution in [0.2, 0.25) is 5.02 Å². The van der Waals surface area contributed by atoms with Crippen LogP contribution in [-0.2, 0) is 0 Å². The van der Waals surface area contributed by atoms with Gasteiger partial charge in [-0.15, -0.1) is 0 Å². The molecule has 2 aromatic carbocycles. The number of aliphatic imine (C=N–C) groups is 1. The first-order chi connectivity index (χ1) is 14.1. The molecule has 3 aromatic rings. The molecule has 0 aliphatic carbocycles. The van der Waals surface area contributed by atoms with Crippen molar-refractivity contribution in [3.63, 3.8) is 0 Å². The van der Waals surface area contributed by atoms with Crippen LogP contribution in [0.3, 0.4) is 0 Å². The highest BCUT2D eigenvalue weighted by Crippen LogP contribution is 2.29. The van der Waals surface area contributed by atoms with Crippen LogP contribution in [0, 0.1) is 37.8 Å². The topological polar surface area (TPSA) is 97.7 Å². The Morgan fingerprint density at radius 2 is 1.87 bits per heavy atom. The van der Waals surface area contributed by atoms with Gasteiger partial charge in [0.05, 0.1) is 21.2 Å². The molecule has 0 atom stereocenters. The van der Waals surface area contributed by atoms with E-state index >= 15 is 0 Å². The number of nitro groups is 1. The van der Waals surface area contributed by atoms with Crippen LogP contribution in [0.5, 0.6) is 0 Å². The third kappa shape index (κ3) is 3.97. The first-order valence-electron chi connectivity index (χ1n) is 9.12. The summed E-state index contributed by atoms with van der Waals surface area (Å²) in [4.78, 5) is 26.5. The number of aromatic carboxylic acids is 1. The summed E-state index contributed by atoms with van der Waals surface area (Å²) in [5.74, 6) is -1.08. The summed E-state index contributed by atoms with van der Waals surface area (Å²) in [5.41, 5.74) is 5.39. The Kier molecular flexibility index (Phi) is 5.75. The highest BCUT2D eigenvalue weighted by molar-refractivity contribution is 6.33. The Bertz CT molecular complexity index is 1210. The highest BCUT2D eigenvalue weighted by Gasteiger charge is 2.15. The molecule has 0 saturated heterocycles. The number of halogens is 1. The lowest BCUT2D eigenvalue weighted by atomic mass is 10.1. The van der Waals surface area contributed by atoms with Crippen LogP contribution in [-0.4, -0.2) is 26.8 Å². The molecule has 0 bridgehead atoms. The van der Waals surface area contributed by atoms with Gasteiger partial charge in [0.25, 0.3) is 5.69 Å². The van der Waals surface area contributed by atoms with Crippen molar-refractivity contribution in [2.75, 3.05) is 0 Å². The molecule has 0 spiro atoms. The molecule has 0 amide bonds. The summed E-state index contributed by atoms with van der Waals surface area (Å²) in [6.07, 6.45) is 1.67. The van der Waals surface area contributed by atoms with Gasteiger partial charge in [-0.1, -0.05) is 11.6 Å². The fraction of sp³-hybridized carbons (Fsp3) is 0.182. The number of hydrogen-bond donors (Lipinski definition) is 1. The average molecular weight is 426 g/mol. The van der Waals surface area contributed by atoms with Gasteiger partial charge in [-0.25, -0.2) is 4.79 Å². The predicted octanol–water partition coefficient (Wildman–Crippen LogP) is 5.72. The van der Waals surface area contributed by atoms with Crippen LogP contribution in [0.25, 0.3) is 5.69 Å². The highest BCUT2D eigenvalue weighted by atomic mass is 35.5. The van der Waals surface area contributed by atoms with Gasteiger partial charge in [0, 0.05) is 40.5 Å². The molecule has 154 valence electrons. The first kappa shape index (κ1) is 21.3. The average Bonchev–Trinajstić information content (AvgIpc) is 2.95. The number of carboxylic acid groups (broad SMARTS) is 1. The molecule has 1 N–H and O–H groups in total. The Balaban J connectivity index is 2.00. The Labute approximate surface area is 178 Å². The van der Waals surface area contributed by atoms with Gasteiger partial charge in [0.1, 0.15) is 0 Å². The number of carbonyl (C=O) groups is 1. The van der Waals surface area contributed by atoms with Gasteiger partial charge in [-0.3, -0.25) is 15.1 Å². The maximum Gasteiger partial charge on any atom is 0.337 e. The molecule has 1 aromatic heterocycles. The van der Waals surface area contributed by atoms with E-state index in [1.54, 1.807) is 25.3 Å². The van der Waals surface area contributed by atoms with Crippen LogP contribution in [0.1, 0.15) is 38.4 Å². The van der Waals surface area contributed by atoms with Crippen LogP contribution in [0.15, 0.2) is 41.4 Å². The maximum absolute atomic E-state index is 11.3. The summed E-state index contributed by atoms with van der Waals surface area (Å²) in [6.45, 7) is 7.37. The number of nitrogens with zero attached hydrogens (tertiary/aromatic N) is 3. The monoisotopic (exact) mass is 425 g/mol. The normalized spacial score (nSPS) is 11.2. The van der Waals surface area contributed by atoms with Crippen molar-refractivity contribution in [3.05, 3.63) is 85.2 Å². The van der Waals surface area contributed by atoms with E-state index < -0.39 is 10.9 Å². The second-order valence-corrected chi connectivity index (χ2v) is 7.46. The number of carboxylic acids is 1. The lowest BCUT2D eigenvalue weighted by molar-refractivity contribution is -0.385. The minimum atomic E-state index is -1.08. The fourth-order valence-corrected chi connectivity index (χ4v) is 3.62. The van der Waals surface area contributed by atoms with E-state index in [-0.39, 0.29) is 16.3 Å². The van der Waals surface area contributed by atoms with E-state index in [0.717, 1.165) is 28.2 Å². The quantitative estimate of drug-likeness (QED) is 0.321. The number of nitro benzene ring substituents is 1. The molecule has 1 heterocycles. The second-order valence-electron chi connectivity index (χ2n) is 7.05. The number of benzene rings is 2. The van der Waals surface area contributed by atoms with Crippen LogP contribution in [0.4, 0.5) is 11.4 Å². The fourth-order valence-electron chi connectivity index (χ4n) is 3.36. The molecule has 0 saturated carbocycles. The minimum Gasteiger partial charge on any atom is -0.478 e. The molecule has 0 unspecified atom stereocenters. The van der Waals surface area contributed by atoms with E-state index in [9.17, 15) is 14.9 Å². The van der Waals surface area contributed by atoms with Crippen molar-refractivity contribution < 1.29 is 14.8 Å². The number of aryl methyl sites for hydroxylation is 2. The predicted molar refractivity (Wildman–Crippen MR) is 117 cm³/mol. The van der Waals surface area contributed by atoms with Gasteiger partial charge in [0.2, 0.25) is 0 Å². The van der Waals surface area contributed by atoms with E-state index in [1.165, 1.54) is 12.1 Å². The van der Waals surface area contributed by atoms with Crippen LogP contribution < -0.4 is 0 Å². The molecule has 3 rings (SSSR count). The molecule has 0 aliphatic rings. The maximum atomic E-state index is 11.3. The van der Waals surface area contributed by atoms with E-state index in [0.29, 0.717) is 11.3 Å². The summed E-state index contributed by atoms with van der Waals surface area (Å²) >= 11 is 6.12. The van der Waals surface area contributed by atoms with Gasteiger partial charge >= 0.3 is 5.97 Å². The lowest BCUT2D eigenvalue weighted by Crippen LogP contribution is -2.02. The molecule has 0 fully saturated rings. The third-order valence-corrected chi connectivity index (χ3v) is 5.40. The molecule has 0 aliphatic heterocycles. The van der Waals surface area contributed by atoms with Crippen molar-refractivity contribution in [1.82, 2.24) is 4.57 Å². The Morgan fingerprint density at radius 3 is 2.47 bits per heavy atom. The van der Waals surface area contributed by atoms with Gasteiger partial charge in [-0.2, -0.15) is 0 Å². The van der Waals surface area contributed by atoms with E-state index in [2.05, 4.69) is 4.99 Å². The zero-order valence-electron chi connectivity index (χ0n) is 16.9. The van der Waals surface area contributed by atoms with E-state index in [1.807, 2.05) is 37.5 Å². The van der Waals surface area contributed by atoms with Crippen molar-refractivity contribution in [1.29, 1.82) is 0 Å². The zero-order valence-corrected chi connectivity index (χ0v) is 17.7. The minimum absolute atomic E-state index is 0.0424. The summed E-state index contributed by atoms with van der Waals surface area (Å²) in [7, 11) is 0. The number of rotatable bonds is 5. The number of aromatic nitrogens is 1. The zero-order chi connectivity index (χ0) is 22.2. The summed E-state index contributed by atoms with van der Waals surface area (Å²) in [5, 5.41) is 20.6.